The summed E-state index contributed by atoms with van der Waals surface area (Å²) in [5, 5.41) is 79.8. The van der Waals surface area contributed by atoms with Crippen LogP contribution in [0.25, 0.3) is 11.4 Å². The Morgan fingerprint density at radius 2 is 1.32 bits per heavy atom. The van der Waals surface area contributed by atoms with E-state index in [2.05, 4.69) is 64.5 Å². The molecule has 784 valence electrons. The molecule has 10 aliphatic rings. The number of nitrogens with one attached hydrogen (secondary N) is 12. The first-order valence-corrected chi connectivity index (χ1v) is 49.7. The Labute approximate surface area is 820 Å². The summed E-state index contributed by atoms with van der Waals surface area (Å²) in [6, 6.07) is 10.6. The van der Waals surface area contributed by atoms with Crippen LogP contribution in [-0.2, 0) is 102 Å². The van der Waals surface area contributed by atoms with E-state index in [4.69, 9.17) is 57.8 Å². The highest BCUT2D eigenvalue weighted by Gasteiger charge is 2.80. The smallest absolute Gasteiger partial charge is 0.312 e. The Kier molecular flexibility index (Phi) is 41.4. The Balaban J connectivity index is 0.597. The van der Waals surface area contributed by atoms with E-state index in [0.717, 1.165) is 60.0 Å². The molecular weight excluding hydrogens is 1840 g/mol. The van der Waals surface area contributed by atoms with Crippen LogP contribution in [0, 0.1) is 28.6 Å². The van der Waals surface area contributed by atoms with Gasteiger partial charge in [0.05, 0.1) is 159 Å². The number of nitrogens with zero attached hydrogens (tertiary/aromatic N) is 3. The van der Waals surface area contributed by atoms with Crippen LogP contribution in [0.2, 0.25) is 0 Å². The number of aliphatic hydroxyl groups is 5. The molecule has 0 bridgehead atoms. The number of allylic oxidation sites excluding steroid dienone is 5. The minimum Gasteiger partial charge on any atom is -0.394 e. The van der Waals surface area contributed by atoms with Crippen LogP contribution in [0.3, 0.4) is 0 Å². The average Bonchev–Trinajstić information content (AvgIpc) is 1.51. The molecule has 5 heterocycles. The minimum atomic E-state index is -2.48. The topological polar surface area (TPSA) is 553 Å². The summed E-state index contributed by atoms with van der Waals surface area (Å²) in [6.07, 6.45) is -6.05. The summed E-state index contributed by atoms with van der Waals surface area (Å²) in [6.45, 7) is 12.5. The quantitative estimate of drug-likeness (QED) is 0.0406. The molecule has 19 atom stereocenters. The van der Waals surface area contributed by atoms with E-state index >= 15 is 13.6 Å². The number of halogens is 2. The molecule has 0 aromatic heterocycles. The second-order valence-electron chi connectivity index (χ2n) is 38.0. The van der Waals surface area contributed by atoms with Gasteiger partial charge in [0.2, 0.25) is 41.4 Å². The van der Waals surface area contributed by atoms with Gasteiger partial charge in [0.15, 0.2) is 35.4 Å². The number of nitrogens with two attached hydrogens (primary N) is 1. The van der Waals surface area contributed by atoms with Crippen LogP contribution in [0.4, 0.5) is 19.3 Å². The molecule has 42 nitrogen and oxygen atoms in total. The first-order chi connectivity index (χ1) is 67.9. The zero-order chi connectivity index (χ0) is 101. The lowest BCUT2D eigenvalue weighted by atomic mass is 9.44. The van der Waals surface area contributed by atoms with Crippen LogP contribution < -0.4 is 75.1 Å². The first kappa shape index (κ1) is 110. The number of benzene rings is 2. The van der Waals surface area contributed by atoms with Crippen molar-refractivity contribution in [3.8, 4) is 0 Å². The predicted molar refractivity (Wildman–Crippen MR) is 506 cm³/mol. The average molecular weight is 1990 g/mol. The number of fused-ring (bicyclic) bond motifs is 11. The molecule has 5 fully saturated rings. The summed E-state index contributed by atoms with van der Waals surface area (Å²) in [5.74, 6) is -7.94. The fourth-order valence-corrected chi connectivity index (χ4v) is 21.0. The highest BCUT2D eigenvalue weighted by atomic mass is 19.1. The Bertz CT molecular complexity index is 4700. The molecule has 0 spiro atoms. The molecule has 2 unspecified atom stereocenters. The number of aliphatic hydroxyl groups excluding tert-OH is 5. The van der Waals surface area contributed by atoms with Crippen molar-refractivity contribution in [3.63, 3.8) is 0 Å². The largest absolute Gasteiger partial charge is 0.394 e. The van der Waals surface area contributed by atoms with E-state index in [-0.39, 0.29) is 167 Å². The number of hydrogen-bond acceptors (Lipinski definition) is 33. The number of unbranched alkanes of at least 4 members (excludes halogenated alkanes) is 1. The third kappa shape index (κ3) is 27.0. The van der Waals surface area contributed by atoms with Crippen molar-refractivity contribution in [2.75, 3.05) is 157 Å². The Hall–Kier alpha value is -9.40. The number of Topliss-reactive ketones (excluding diaryl/α,β-unsaturated/α-hetero) is 1. The van der Waals surface area contributed by atoms with Gasteiger partial charge >= 0.3 is 6.03 Å². The highest BCUT2D eigenvalue weighted by molar-refractivity contribution is 6.04. The highest BCUT2D eigenvalue weighted by Crippen LogP contribution is 2.72. The lowest BCUT2D eigenvalue weighted by Gasteiger charge is -2.63. The Morgan fingerprint density at radius 3 is 2.02 bits per heavy atom. The maximum atomic E-state index is 18.3. The van der Waals surface area contributed by atoms with Crippen molar-refractivity contribution in [2.45, 2.75) is 248 Å². The predicted octanol–water partition coefficient (Wildman–Crippen LogP) is 0.731. The molecule has 9 amide bonds. The van der Waals surface area contributed by atoms with Gasteiger partial charge in [-0.15, -0.1) is 11.1 Å². The number of anilines is 1. The standard InChI is InChI=1S/C97H146F2N16O26/c1-7-18-81-140-76-53-64-65-52-67(98)66-51-61(117)29-31-94(66,4)96(65,99)74(118)54-95(64,5)97(76,141-81)75(119)55-105-89(127)68(23-17-33-104-93(100)130)107-91(129)82(59(2)3)108-90(128)69(22-15-16-32-102-79(122)58-138-72-26-10-8-9-25-71-84(72)110-112-115(71)92-88(126)87(125)86(124)73(57-116)139-92)106-78(121)30-37-131-41-45-135-49-50-137-47-43-133-39-35-103-77(120)27-28-80(123)113-56-60-19-11-12-20-62(60)85-83(63-21-13-14-24-70(63)113)109-111-114(85)36-40-134-44-48-136-46-42-132-38-34-101-6/h11-14,19-21,24,29,31,51,59,64-65,67-69,72-74,76,81-82,86-88,92,101,109-112,116,118,124-126H,7-10,15-18,22-23,25-28,30,32-50,52-58H2,1-6H3,(H,102,122)(H,103,120)(H,105,127)(H,106,121)(H,107,129)(H,108,128)(H3,100,104,130)/t64-,65-,67-,68-,69+,72?,73+,74-,76+,81?,82-,86-,87-,88+,92+,94-,95-,96-,97+/m0/s1. The number of rotatable bonds is 56. The molecule has 12 rings (SSSR count). The molecule has 3 saturated carbocycles. The molecule has 2 aromatic carbocycles. The summed E-state index contributed by atoms with van der Waals surface area (Å²) >= 11 is 0. The number of carbonyl (C=O) groups is 10. The Morgan fingerprint density at radius 1 is 0.660 bits per heavy atom. The number of hydrogen-bond donors (Lipinski definition) is 18. The number of carbonyl (C=O) groups excluding carboxylic acids is 10. The van der Waals surface area contributed by atoms with Crippen molar-refractivity contribution in [1.82, 2.24) is 74.5 Å². The number of amides is 9. The molecule has 5 aliphatic heterocycles. The van der Waals surface area contributed by atoms with Gasteiger partial charge in [-0.05, 0) is 132 Å². The van der Waals surface area contributed by atoms with Crippen molar-refractivity contribution in [1.29, 1.82) is 0 Å². The second kappa shape index (κ2) is 52.9. The third-order valence-corrected chi connectivity index (χ3v) is 28.3. The number of alkyl halides is 2. The summed E-state index contributed by atoms with van der Waals surface area (Å²) in [5.41, 5.74) is 16.8. The summed E-state index contributed by atoms with van der Waals surface area (Å²) < 4.78 is 100. The van der Waals surface area contributed by atoms with Crippen molar-refractivity contribution < 1.29 is 134 Å². The van der Waals surface area contributed by atoms with Gasteiger partial charge in [0, 0.05) is 73.3 Å². The molecule has 141 heavy (non-hydrogen) atoms. The van der Waals surface area contributed by atoms with Crippen LogP contribution in [0.15, 0.2) is 83.7 Å². The zero-order valence-electron chi connectivity index (χ0n) is 81.6. The fraction of sp³-hybridized carbons (Fsp3) is 0.691. The van der Waals surface area contributed by atoms with Crippen LogP contribution in [-0.4, -0.2) is 337 Å². The van der Waals surface area contributed by atoms with Crippen molar-refractivity contribution in [2.24, 2.45) is 34.3 Å². The number of likely N-dealkylation sites (N-methyl/N-ethyl adjacent to an activating group) is 1. The summed E-state index contributed by atoms with van der Waals surface area (Å²) in [4.78, 5) is 140. The van der Waals surface area contributed by atoms with Crippen molar-refractivity contribution in [3.05, 3.63) is 100 Å². The number of ether oxygens (including phenoxy) is 11. The van der Waals surface area contributed by atoms with E-state index in [0.29, 0.717) is 89.0 Å². The van der Waals surface area contributed by atoms with E-state index in [9.17, 15) is 68.7 Å². The number of para-hydroxylation sites is 1. The number of hydrazine groups is 4. The van der Waals surface area contributed by atoms with E-state index in [1.54, 1.807) is 25.7 Å². The normalized spacial score (nSPS) is 27.7. The monoisotopic (exact) mass is 1990 g/mol. The van der Waals surface area contributed by atoms with E-state index in [1.807, 2.05) is 67.5 Å². The lowest BCUT2D eigenvalue weighted by molar-refractivity contribution is -0.266. The molecule has 5 aliphatic carbocycles. The van der Waals surface area contributed by atoms with E-state index in [1.165, 1.54) is 24.1 Å². The summed E-state index contributed by atoms with van der Waals surface area (Å²) in [7, 11) is 1.87. The van der Waals surface area contributed by atoms with Gasteiger partial charge < -0.3 is 142 Å². The molecule has 19 N–H and O–H groups in total. The van der Waals surface area contributed by atoms with Gasteiger partial charge in [-0.3, -0.25) is 53.2 Å². The van der Waals surface area contributed by atoms with Crippen LogP contribution in [0.5, 0.6) is 0 Å². The fourth-order valence-electron chi connectivity index (χ4n) is 21.0. The van der Waals surface area contributed by atoms with Gasteiger partial charge in [-0.2, -0.15) is 0 Å². The molecule has 0 radical (unpaired) electrons. The molecule has 2 aromatic rings. The number of ketones is 2. The second-order valence-corrected chi connectivity index (χ2v) is 38.0. The van der Waals surface area contributed by atoms with Gasteiger partial charge in [0.1, 0.15) is 61.4 Å². The third-order valence-electron chi connectivity index (χ3n) is 28.3. The van der Waals surface area contributed by atoms with Crippen LogP contribution in [0.1, 0.15) is 167 Å². The number of primary amides is 1. The maximum Gasteiger partial charge on any atom is 0.312 e. The zero-order valence-corrected chi connectivity index (χ0v) is 81.6. The SMILES string of the molecule is CCCC1O[C@@H]2C[C@H]3[C@@H]4C[C@H](F)C5=CC(=O)C=C[C@]5(C)[C@@]4(F)[C@@H](O)C[C@]3(C)[C@]2(C(=O)CNC(=O)[C@H](CCCNC(N)=O)NC(=O)[C@@H](NC(=O)[C@@H](CCCCNC(=O)COC2CCCCCC3=C2NNN3[C@@H]2O[C@H](CO)[C@H](O)[C@H](O)[C@H]2O)NC(=O)CCOCCOCCOCCOCCNC(=O)CCC(=O)N2Cc3ccccc3C3=C(NNN3CCOCCOCCOCCNC)c3ccccc32)C(C)C)O1. The molecule has 2 saturated heterocycles. The first-order valence-electron chi connectivity index (χ1n) is 49.7. The van der Waals surface area contributed by atoms with Gasteiger partial charge in [0.25, 0.3) is 0 Å². The van der Waals surface area contributed by atoms with E-state index < -0.39 is 186 Å². The molecular formula is C97H146F2N16O26. The maximum absolute atomic E-state index is 18.3. The minimum absolute atomic E-state index is 0.00860. The number of urea groups is 1. The van der Waals surface area contributed by atoms with Crippen LogP contribution >= 0.6 is 0 Å². The van der Waals surface area contributed by atoms with Crippen molar-refractivity contribution >= 4 is 76.0 Å². The van der Waals surface area contributed by atoms with Gasteiger partial charge in [-0.25, -0.2) is 13.6 Å². The van der Waals surface area contributed by atoms with Gasteiger partial charge in [-0.1, -0.05) is 95.5 Å². The lowest BCUT2D eigenvalue weighted by Crippen LogP contribution is -2.71. The molecule has 44 heteroatoms.